The van der Waals surface area contributed by atoms with Gasteiger partial charge in [0.15, 0.2) is 0 Å². The Morgan fingerprint density at radius 1 is 1.12 bits per heavy atom. The normalized spacial score (nSPS) is 25.2. The molecule has 2 aromatic rings. The molecule has 4 rings (SSSR count). The van der Waals surface area contributed by atoms with Gasteiger partial charge in [-0.05, 0) is 61.6 Å². The fraction of sp³-hybridized carbons (Fsp3) is 0.421. The first-order chi connectivity index (χ1) is 12.0. The molecule has 0 spiro atoms. The van der Waals surface area contributed by atoms with E-state index in [4.69, 9.17) is 23.2 Å². The first-order valence-corrected chi connectivity index (χ1v) is 10.2. The van der Waals surface area contributed by atoms with Gasteiger partial charge in [0.2, 0.25) is 0 Å². The first-order valence-electron chi connectivity index (χ1n) is 8.59. The summed E-state index contributed by atoms with van der Waals surface area (Å²) in [7, 11) is 1.94. The monoisotopic (exact) mass is 394 g/mol. The second kappa shape index (κ2) is 6.92. The van der Waals surface area contributed by atoms with Crippen molar-refractivity contribution in [1.29, 1.82) is 0 Å². The second-order valence-electron chi connectivity index (χ2n) is 7.00. The molecule has 0 aliphatic carbocycles. The van der Waals surface area contributed by atoms with Gasteiger partial charge in [0.05, 0.1) is 4.88 Å². The maximum atomic E-state index is 12.9. The standard InChI is InChI=1S/C19H20Cl2N2OS/c1-23(16-9-14-2-3-15(10-16)22-14)19(24)18-5-4-17(25-18)11-6-12(20)8-13(21)7-11/h4-8,14-16,22H,2-3,9-10H2,1H3. The van der Waals surface area contributed by atoms with Gasteiger partial charge in [-0.3, -0.25) is 4.79 Å². The Bertz CT molecular complexity index is 774. The molecule has 2 saturated heterocycles. The van der Waals surface area contributed by atoms with E-state index in [0.717, 1.165) is 28.2 Å². The Hall–Kier alpha value is -1.07. The van der Waals surface area contributed by atoms with Gasteiger partial charge in [0.1, 0.15) is 0 Å². The number of hydrogen-bond donors (Lipinski definition) is 1. The molecular formula is C19H20Cl2N2OS. The van der Waals surface area contributed by atoms with Gasteiger partial charge in [-0.1, -0.05) is 23.2 Å². The van der Waals surface area contributed by atoms with Crippen LogP contribution >= 0.6 is 34.5 Å². The Labute approximate surface area is 161 Å². The summed E-state index contributed by atoms with van der Waals surface area (Å²) in [5, 5.41) is 4.84. The molecule has 2 bridgehead atoms. The van der Waals surface area contributed by atoms with Crippen LogP contribution in [-0.2, 0) is 0 Å². The number of fused-ring (bicyclic) bond motifs is 2. The van der Waals surface area contributed by atoms with E-state index in [1.807, 2.05) is 36.2 Å². The fourth-order valence-corrected chi connectivity index (χ4v) is 5.49. The number of amides is 1. The molecule has 3 heterocycles. The van der Waals surface area contributed by atoms with Gasteiger partial charge in [-0.15, -0.1) is 11.3 Å². The summed E-state index contributed by atoms with van der Waals surface area (Å²) in [5.74, 6) is 0.107. The van der Waals surface area contributed by atoms with Gasteiger partial charge in [-0.25, -0.2) is 0 Å². The molecule has 1 aromatic heterocycles. The van der Waals surface area contributed by atoms with Gasteiger partial charge in [0, 0.05) is 40.1 Å². The van der Waals surface area contributed by atoms with E-state index < -0.39 is 0 Å². The Morgan fingerprint density at radius 2 is 1.76 bits per heavy atom. The van der Waals surface area contributed by atoms with E-state index in [9.17, 15) is 4.79 Å². The summed E-state index contributed by atoms with van der Waals surface area (Å²) < 4.78 is 0. The first kappa shape index (κ1) is 17.3. The van der Waals surface area contributed by atoms with Crippen LogP contribution in [0.15, 0.2) is 30.3 Å². The SMILES string of the molecule is CN(C(=O)c1ccc(-c2cc(Cl)cc(Cl)c2)s1)C1CC2CCC(C1)N2. The third-order valence-electron chi connectivity index (χ3n) is 5.28. The van der Waals surface area contributed by atoms with E-state index in [2.05, 4.69) is 5.32 Å². The van der Waals surface area contributed by atoms with Crippen molar-refractivity contribution in [3.63, 3.8) is 0 Å². The van der Waals surface area contributed by atoms with Crippen molar-refractivity contribution in [3.05, 3.63) is 45.3 Å². The second-order valence-corrected chi connectivity index (χ2v) is 8.96. The summed E-state index contributed by atoms with van der Waals surface area (Å²) in [6.07, 6.45) is 4.59. The zero-order valence-corrected chi connectivity index (χ0v) is 16.3. The lowest BCUT2D eigenvalue weighted by atomic mass is 9.98. The van der Waals surface area contributed by atoms with E-state index in [0.29, 0.717) is 28.2 Å². The topological polar surface area (TPSA) is 32.3 Å². The predicted molar refractivity (Wildman–Crippen MR) is 105 cm³/mol. The van der Waals surface area contributed by atoms with Crippen LogP contribution < -0.4 is 5.32 Å². The molecule has 2 atom stereocenters. The fourth-order valence-electron chi connectivity index (χ4n) is 3.99. The van der Waals surface area contributed by atoms with Crippen molar-refractivity contribution < 1.29 is 4.79 Å². The highest BCUT2D eigenvalue weighted by Gasteiger charge is 2.36. The Kier molecular flexibility index (Phi) is 4.80. The maximum absolute atomic E-state index is 12.9. The number of carbonyl (C=O) groups is 1. The largest absolute Gasteiger partial charge is 0.338 e. The molecule has 2 aliphatic rings. The third-order valence-corrected chi connectivity index (χ3v) is 6.84. The summed E-state index contributed by atoms with van der Waals surface area (Å²) in [6, 6.07) is 10.8. The van der Waals surface area contributed by atoms with E-state index in [1.165, 1.54) is 24.2 Å². The average Bonchev–Trinajstić information content (AvgIpc) is 3.19. The van der Waals surface area contributed by atoms with E-state index >= 15 is 0 Å². The highest BCUT2D eigenvalue weighted by Crippen LogP contribution is 2.34. The van der Waals surface area contributed by atoms with Crippen LogP contribution in [0, 0.1) is 0 Å². The van der Waals surface area contributed by atoms with Crippen molar-refractivity contribution in [2.75, 3.05) is 7.05 Å². The number of nitrogens with one attached hydrogen (secondary N) is 1. The minimum atomic E-state index is 0.107. The number of halogens is 2. The lowest BCUT2D eigenvalue weighted by Crippen LogP contribution is -2.48. The number of rotatable bonds is 3. The number of thiophene rings is 1. The average molecular weight is 395 g/mol. The molecule has 2 aliphatic heterocycles. The summed E-state index contributed by atoms with van der Waals surface area (Å²) in [5.41, 5.74) is 0.948. The molecule has 132 valence electrons. The molecule has 2 fully saturated rings. The third kappa shape index (κ3) is 3.59. The molecule has 3 nitrogen and oxygen atoms in total. The number of benzene rings is 1. The zero-order chi connectivity index (χ0) is 17.6. The number of hydrogen-bond acceptors (Lipinski definition) is 3. The molecule has 2 unspecified atom stereocenters. The van der Waals surface area contributed by atoms with E-state index in [1.54, 1.807) is 6.07 Å². The predicted octanol–water partition coefficient (Wildman–Crippen LogP) is 5.08. The van der Waals surface area contributed by atoms with Gasteiger partial charge >= 0.3 is 0 Å². The quantitative estimate of drug-likeness (QED) is 0.787. The Balaban J connectivity index is 1.52. The molecule has 1 amide bonds. The molecule has 25 heavy (non-hydrogen) atoms. The zero-order valence-electron chi connectivity index (χ0n) is 14.0. The van der Waals surface area contributed by atoms with Crippen LogP contribution in [0.3, 0.4) is 0 Å². The van der Waals surface area contributed by atoms with Crippen LogP contribution in [0.4, 0.5) is 0 Å². The van der Waals surface area contributed by atoms with Gasteiger partial charge in [-0.2, -0.15) is 0 Å². The van der Waals surface area contributed by atoms with E-state index in [-0.39, 0.29) is 5.91 Å². The van der Waals surface area contributed by atoms with Gasteiger partial charge < -0.3 is 10.2 Å². The van der Waals surface area contributed by atoms with Crippen LogP contribution in [0.5, 0.6) is 0 Å². The molecule has 0 radical (unpaired) electrons. The van der Waals surface area contributed by atoms with Crippen LogP contribution in [-0.4, -0.2) is 36.0 Å². The lowest BCUT2D eigenvalue weighted by molar-refractivity contribution is 0.0686. The minimum absolute atomic E-state index is 0.107. The van der Waals surface area contributed by atoms with Crippen LogP contribution in [0.25, 0.3) is 10.4 Å². The van der Waals surface area contributed by atoms with Gasteiger partial charge in [0.25, 0.3) is 5.91 Å². The molecule has 1 aromatic carbocycles. The number of carbonyl (C=O) groups excluding carboxylic acids is 1. The summed E-state index contributed by atoms with van der Waals surface area (Å²) in [4.78, 5) is 16.6. The molecule has 1 N–H and O–H groups in total. The molecule has 6 heteroatoms. The highest BCUT2D eigenvalue weighted by molar-refractivity contribution is 7.17. The Morgan fingerprint density at radius 3 is 2.40 bits per heavy atom. The van der Waals surface area contributed by atoms with Crippen molar-refractivity contribution in [1.82, 2.24) is 10.2 Å². The number of nitrogens with zero attached hydrogens (tertiary/aromatic N) is 1. The maximum Gasteiger partial charge on any atom is 0.263 e. The minimum Gasteiger partial charge on any atom is -0.338 e. The van der Waals surface area contributed by atoms with Crippen molar-refractivity contribution >= 4 is 40.4 Å². The van der Waals surface area contributed by atoms with Crippen LogP contribution in [0.2, 0.25) is 10.0 Å². The van der Waals surface area contributed by atoms with Crippen molar-refractivity contribution in [2.45, 2.75) is 43.8 Å². The van der Waals surface area contributed by atoms with Crippen molar-refractivity contribution in [3.8, 4) is 10.4 Å². The van der Waals surface area contributed by atoms with Crippen LogP contribution in [0.1, 0.15) is 35.4 Å². The summed E-state index contributed by atoms with van der Waals surface area (Å²) in [6.45, 7) is 0. The lowest BCUT2D eigenvalue weighted by Gasteiger charge is -2.35. The van der Waals surface area contributed by atoms with Crippen molar-refractivity contribution in [2.24, 2.45) is 0 Å². The smallest absolute Gasteiger partial charge is 0.263 e. The number of piperidine rings is 1. The highest BCUT2D eigenvalue weighted by atomic mass is 35.5. The molecule has 0 saturated carbocycles. The summed E-state index contributed by atoms with van der Waals surface area (Å²) >= 11 is 13.7. The molecular weight excluding hydrogens is 375 g/mol.